The highest BCUT2D eigenvalue weighted by atomic mass is 35.5. The Bertz CT molecular complexity index is 635. The maximum atomic E-state index is 12.0. The van der Waals surface area contributed by atoms with Crippen LogP contribution in [-0.4, -0.2) is 35.4 Å². The SMILES string of the molecule is O=C(CCN1CCCC1)Nc1nc(-c2ccc(Cl)cc2)cs1. The van der Waals surface area contributed by atoms with Gasteiger partial charge < -0.3 is 10.2 Å². The second-order valence-electron chi connectivity index (χ2n) is 5.39. The lowest BCUT2D eigenvalue weighted by atomic mass is 10.2. The lowest BCUT2D eigenvalue weighted by molar-refractivity contribution is -0.116. The molecular weight excluding hydrogens is 318 g/mol. The zero-order chi connectivity index (χ0) is 15.4. The van der Waals surface area contributed by atoms with Gasteiger partial charge in [0.15, 0.2) is 5.13 Å². The van der Waals surface area contributed by atoms with E-state index in [1.54, 1.807) is 0 Å². The van der Waals surface area contributed by atoms with E-state index in [0.29, 0.717) is 16.6 Å². The zero-order valence-corrected chi connectivity index (χ0v) is 13.8. The number of nitrogens with one attached hydrogen (secondary N) is 1. The van der Waals surface area contributed by atoms with Gasteiger partial charge in [0, 0.05) is 28.9 Å². The van der Waals surface area contributed by atoms with Crippen molar-refractivity contribution in [1.82, 2.24) is 9.88 Å². The molecule has 1 aromatic carbocycles. The minimum Gasteiger partial charge on any atom is -0.303 e. The second-order valence-corrected chi connectivity index (χ2v) is 6.69. The van der Waals surface area contributed by atoms with Crippen molar-refractivity contribution in [3.05, 3.63) is 34.7 Å². The number of carbonyl (C=O) groups is 1. The highest BCUT2D eigenvalue weighted by Crippen LogP contribution is 2.26. The molecule has 2 heterocycles. The van der Waals surface area contributed by atoms with Crippen LogP contribution in [0.3, 0.4) is 0 Å². The molecule has 4 nitrogen and oxygen atoms in total. The van der Waals surface area contributed by atoms with E-state index >= 15 is 0 Å². The fourth-order valence-electron chi connectivity index (χ4n) is 2.53. The first-order chi connectivity index (χ1) is 10.7. The van der Waals surface area contributed by atoms with E-state index in [1.807, 2.05) is 29.6 Å². The summed E-state index contributed by atoms with van der Waals surface area (Å²) in [6.45, 7) is 3.07. The average molecular weight is 336 g/mol. The molecule has 1 saturated heterocycles. The number of likely N-dealkylation sites (tertiary alicyclic amines) is 1. The van der Waals surface area contributed by atoms with Crippen LogP contribution in [0.15, 0.2) is 29.6 Å². The summed E-state index contributed by atoms with van der Waals surface area (Å²) in [4.78, 5) is 18.8. The summed E-state index contributed by atoms with van der Waals surface area (Å²) < 4.78 is 0. The Morgan fingerprint density at radius 1 is 1.27 bits per heavy atom. The molecule has 0 atom stereocenters. The van der Waals surface area contributed by atoms with Gasteiger partial charge in [-0.05, 0) is 38.1 Å². The van der Waals surface area contributed by atoms with Crippen molar-refractivity contribution in [2.45, 2.75) is 19.3 Å². The molecule has 1 aromatic heterocycles. The zero-order valence-electron chi connectivity index (χ0n) is 12.2. The Labute approximate surface area is 139 Å². The number of nitrogens with zero attached hydrogens (tertiary/aromatic N) is 2. The van der Waals surface area contributed by atoms with Crippen molar-refractivity contribution >= 4 is 34.0 Å². The van der Waals surface area contributed by atoms with Gasteiger partial charge in [0.25, 0.3) is 0 Å². The van der Waals surface area contributed by atoms with Gasteiger partial charge in [-0.3, -0.25) is 4.79 Å². The fourth-order valence-corrected chi connectivity index (χ4v) is 3.39. The first-order valence-corrected chi connectivity index (χ1v) is 8.70. The maximum absolute atomic E-state index is 12.0. The highest BCUT2D eigenvalue weighted by molar-refractivity contribution is 7.14. The van der Waals surface area contributed by atoms with Crippen LogP contribution in [0.5, 0.6) is 0 Å². The summed E-state index contributed by atoms with van der Waals surface area (Å²) in [5.41, 5.74) is 1.86. The van der Waals surface area contributed by atoms with Crippen LogP contribution in [0, 0.1) is 0 Å². The molecule has 1 aliphatic rings. The van der Waals surface area contributed by atoms with Gasteiger partial charge in [-0.25, -0.2) is 4.98 Å². The smallest absolute Gasteiger partial charge is 0.227 e. The van der Waals surface area contributed by atoms with Gasteiger partial charge in [0.1, 0.15) is 0 Å². The van der Waals surface area contributed by atoms with Crippen molar-refractivity contribution in [3.63, 3.8) is 0 Å². The molecular formula is C16H18ClN3OS. The molecule has 0 bridgehead atoms. The second kappa shape index (κ2) is 7.22. The van der Waals surface area contributed by atoms with Gasteiger partial charge in [-0.2, -0.15) is 0 Å². The van der Waals surface area contributed by atoms with Crippen LogP contribution in [0.1, 0.15) is 19.3 Å². The van der Waals surface area contributed by atoms with E-state index in [2.05, 4.69) is 15.2 Å². The van der Waals surface area contributed by atoms with Crippen LogP contribution < -0.4 is 5.32 Å². The Morgan fingerprint density at radius 2 is 2.00 bits per heavy atom. The van der Waals surface area contributed by atoms with Crippen LogP contribution in [0.25, 0.3) is 11.3 Å². The molecule has 0 aliphatic carbocycles. The summed E-state index contributed by atoms with van der Waals surface area (Å²) in [7, 11) is 0. The highest BCUT2D eigenvalue weighted by Gasteiger charge is 2.13. The first kappa shape index (κ1) is 15.5. The minimum absolute atomic E-state index is 0.0314. The topological polar surface area (TPSA) is 45.2 Å². The molecule has 3 rings (SSSR count). The lowest BCUT2D eigenvalue weighted by Gasteiger charge is -2.13. The Kier molecular flexibility index (Phi) is 5.08. The third-order valence-electron chi connectivity index (χ3n) is 3.74. The number of halogens is 1. The molecule has 1 fully saturated rings. The first-order valence-electron chi connectivity index (χ1n) is 7.44. The van der Waals surface area contributed by atoms with Crippen LogP contribution in [0.2, 0.25) is 5.02 Å². The number of thiazole rings is 1. The molecule has 0 radical (unpaired) electrons. The molecule has 0 spiro atoms. The number of benzene rings is 1. The number of amides is 1. The van der Waals surface area contributed by atoms with Gasteiger partial charge in [-0.1, -0.05) is 23.7 Å². The van der Waals surface area contributed by atoms with Crippen molar-refractivity contribution < 1.29 is 4.79 Å². The van der Waals surface area contributed by atoms with Gasteiger partial charge >= 0.3 is 0 Å². The van der Waals surface area contributed by atoms with E-state index in [9.17, 15) is 4.79 Å². The quantitative estimate of drug-likeness (QED) is 0.901. The Balaban J connectivity index is 1.54. The monoisotopic (exact) mass is 335 g/mol. The summed E-state index contributed by atoms with van der Waals surface area (Å²) in [6, 6.07) is 7.53. The number of rotatable bonds is 5. The molecule has 2 aromatic rings. The summed E-state index contributed by atoms with van der Waals surface area (Å²) in [6.07, 6.45) is 3.02. The standard InChI is InChI=1S/C16H18ClN3OS/c17-13-5-3-12(4-6-13)14-11-22-16(18-14)19-15(21)7-10-20-8-1-2-9-20/h3-6,11H,1-2,7-10H2,(H,18,19,21). The predicted octanol–water partition coefficient (Wildman–Crippen LogP) is 3.89. The van der Waals surface area contributed by atoms with Crippen molar-refractivity contribution in [3.8, 4) is 11.3 Å². The Hall–Kier alpha value is -1.43. The van der Waals surface area contributed by atoms with E-state index in [1.165, 1.54) is 24.2 Å². The van der Waals surface area contributed by atoms with E-state index in [4.69, 9.17) is 11.6 Å². The molecule has 1 amide bonds. The third-order valence-corrected chi connectivity index (χ3v) is 4.75. The lowest BCUT2D eigenvalue weighted by Crippen LogP contribution is -2.25. The Morgan fingerprint density at radius 3 is 2.73 bits per heavy atom. The molecule has 116 valence electrons. The number of hydrogen-bond donors (Lipinski definition) is 1. The van der Waals surface area contributed by atoms with Crippen molar-refractivity contribution in [2.75, 3.05) is 25.0 Å². The summed E-state index contributed by atoms with van der Waals surface area (Å²) >= 11 is 7.33. The molecule has 22 heavy (non-hydrogen) atoms. The van der Waals surface area contributed by atoms with Crippen molar-refractivity contribution in [1.29, 1.82) is 0 Å². The third kappa shape index (κ3) is 4.06. The molecule has 0 unspecified atom stereocenters. The van der Waals surface area contributed by atoms with E-state index in [0.717, 1.165) is 30.9 Å². The molecule has 6 heteroatoms. The van der Waals surface area contributed by atoms with Crippen molar-refractivity contribution in [2.24, 2.45) is 0 Å². The molecule has 0 saturated carbocycles. The minimum atomic E-state index is 0.0314. The van der Waals surface area contributed by atoms with E-state index in [-0.39, 0.29) is 5.91 Å². The number of carbonyl (C=O) groups excluding carboxylic acids is 1. The van der Waals surface area contributed by atoms with Gasteiger partial charge in [0.2, 0.25) is 5.91 Å². The van der Waals surface area contributed by atoms with Crippen LogP contribution >= 0.6 is 22.9 Å². The normalized spacial score (nSPS) is 15.1. The number of anilines is 1. The summed E-state index contributed by atoms with van der Waals surface area (Å²) in [5, 5.41) is 6.18. The van der Waals surface area contributed by atoms with E-state index < -0.39 is 0 Å². The molecule has 1 N–H and O–H groups in total. The summed E-state index contributed by atoms with van der Waals surface area (Å²) in [5.74, 6) is 0.0314. The molecule has 1 aliphatic heterocycles. The fraction of sp³-hybridized carbons (Fsp3) is 0.375. The number of aromatic nitrogens is 1. The van der Waals surface area contributed by atoms with Gasteiger partial charge in [-0.15, -0.1) is 11.3 Å². The number of hydrogen-bond acceptors (Lipinski definition) is 4. The van der Waals surface area contributed by atoms with Gasteiger partial charge in [0.05, 0.1) is 5.69 Å². The predicted molar refractivity (Wildman–Crippen MR) is 91.5 cm³/mol. The average Bonchev–Trinajstić information content (AvgIpc) is 3.17. The van der Waals surface area contributed by atoms with Crippen LogP contribution in [-0.2, 0) is 4.79 Å². The largest absolute Gasteiger partial charge is 0.303 e. The van der Waals surface area contributed by atoms with Crippen LogP contribution in [0.4, 0.5) is 5.13 Å². The maximum Gasteiger partial charge on any atom is 0.227 e.